The minimum atomic E-state index is -0.0733. The molecule has 0 bridgehead atoms. The Morgan fingerprint density at radius 1 is 1.20 bits per heavy atom. The highest BCUT2D eigenvalue weighted by atomic mass is 16.5. The van der Waals surface area contributed by atoms with Crippen LogP contribution < -0.4 is 5.32 Å². The SMILES string of the molecule is Cc1ncc(C(=O)NCCCCN2CCOCC2)n1-c1ccccc1. The molecule has 1 saturated heterocycles. The number of unbranched alkanes of at least 4 members (excludes halogenated alkanes) is 1. The van der Waals surface area contributed by atoms with E-state index in [1.807, 2.05) is 41.8 Å². The second-order valence-corrected chi connectivity index (χ2v) is 6.28. The van der Waals surface area contributed by atoms with Crippen LogP contribution in [0.2, 0.25) is 0 Å². The number of amides is 1. The Morgan fingerprint density at radius 2 is 1.96 bits per heavy atom. The molecular formula is C19H26N4O2. The lowest BCUT2D eigenvalue weighted by Crippen LogP contribution is -2.37. The molecular weight excluding hydrogens is 316 g/mol. The van der Waals surface area contributed by atoms with Gasteiger partial charge in [-0.25, -0.2) is 4.98 Å². The van der Waals surface area contributed by atoms with Gasteiger partial charge in [0.2, 0.25) is 0 Å². The van der Waals surface area contributed by atoms with Gasteiger partial charge >= 0.3 is 0 Å². The van der Waals surface area contributed by atoms with Crippen LogP contribution in [0.15, 0.2) is 36.5 Å². The van der Waals surface area contributed by atoms with Crippen LogP contribution in [-0.4, -0.2) is 59.8 Å². The summed E-state index contributed by atoms with van der Waals surface area (Å²) >= 11 is 0. The Bertz CT molecular complexity index is 678. The van der Waals surface area contributed by atoms with Gasteiger partial charge < -0.3 is 10.1 Å². The molecule has 0 saturated carbocycles. The van der Waals surface area contributed by atoms with Crippen molar-refractivity contribution in [1.82, 2.24) is 19.8 Å². The molecule has 134 valence electrons. The summed E-state index contributed by atoms with van der Waals surface area (Å²) in [6.45, 7) is 7.36. The molecule has 1 amide bonds. The molecule has 0 unspecified atom stereocenters. The fourth-order valence-corrected chi connectivity index (χ4v) is 3.09. The van der Waals surface area contributed by atoms with Crippen molar-refractivity contribution in [2.75, 3.05) is 39.4 Å². The fourth-order valence-electron chi connectivity index (χ4n) is 3.09. The first-order valence-corrected chi connectivity index (χ1v) is 8.94. The molecule has 2 aromatic rings. The van der Waals surface area contributed by atoms with E-state index < -0.39 is 0 Å². The number of carbonyl (C=O) groups excluding carboxylic acids is 1. The number of rotatable bonds is 7. The van der Waals surface area contributed by atoms with E-state index in [0.29, 0.717) is 12.2 Å². The van der Waals surface area contributed by atoms with Gasteiger partial charge in [-0.05, 0) is 38.4 Å². The van der Waals surface area contributed by atoms with Crippen LogP contribution in [0, 0.1) is 6.92 Å². The van der Waals surface area contributed by atoms with Gasteiger partial charge in [-0.15, -0.1) is 0 Å². The standard InChI is InChI=1S/C19H26N4O2/c1-16-21-15-18(23(16)17-7-3-2-4-8-17)19(24)20-9-5-6-10-22-11-13-25-14-12-22/h2-4,7-8,15H,5-6,9-14H2,1H3,(H,20,24). The molecule has 6 heteroatoms. The molecule has 0 radical (unpaired) electrons. The first-order valence-electron chi connectivity index (χ1n) is 8.94. The Balaban J connectivity index is 1.49. The molecule has 6 nitrogen and oxygen atoms in total. The summed E-state index contributed by atoms with van der Waals surface area (Å²) in [7, 11) is 0. The molecule has 1 aliphatic heterocycles. The van der Waals surface area contributed by atoms with Crippen LogP contribution in [0.5, 0.6) is 0 Å². The van der Waals surface area contributed by atoms with Gasteiger partial charge in [-0.2, -0.15) is 0 Å². The number of aryl methyl sites for hydroxylation is 1. The van der Waals surface area contributed by atoms with Crippen LogP contribution in [0.3, 0.4) is 0 Å². The quantitative estimate of drug-likeness (QED) is 0.782. The van der Waals surface area contributed by atoms with Gasteiger partial charge in [0.25, 0.3) is 5.91 Å². The second kappa shape index (κ2) is 8.78. The Kier molecular flexibility index (Phi) is 6.19. The molecule has 1 fully saturated rings. The Hall–Kier alpha value is -2.18. The summed E-state index contributed by atoms with van der Waals surface area (Å²) in [5.74, 6) is 0.736. The highest BCUT2D eigenvalue weighted by Gasteiger charge is 2.15. The summed E-state index contributed by atoms with van der Waals surface area (Å²) in [5, 5.41) is 3.02. The number of imidazole rings is 1. The van der Waals surface area contributed by atoms with Crippen molar-refractivity contribution in [3.63, 3.8) is 0 Å². The fraction of sp³-hybridized carbons (Fsp3) is 0.474. The largest absolute Gasteiger partial charge is 0.379 e. The van der Waals surface area contributed by atoms with E-state index in [2.05, 4.69) is 15.2 Å². The predicted octanol–water partition coefficient (Wildman–Crippen LogP) is 2.02. The molecule has 0 aliphatic carbocycles. The van der Waals surface area contributed by atoms with Crippen molar-refractivity contribution in [3.05, 3.63) is 48.0 Å². The number of nitrogens with one attached hydrogen (secondary N) is 1. The van der Waals surface area contributed by atoms with E-state index in [0.717, 1.165) is 57.2 Å². The molecule has 1 aromatic heterocycles. The first-order chi connectivity index (χ1) is 12.3. The van der Waals surface area contributed by atoms with E-state index in [9.17, 15) is 4.79 Å². The highest BCUT2D eigenvalue weighted by molar-refractivity contribution is 5.93. The van der Waals surface area contributed by atoms with Crippen molar-refractivity contribution in [2.24, 2.45) is 0 Å². The molecule has 2 heterocycles. The summed E-state index contributed by atoms with van der Waals surface area (Å²) in [4.78, 5) is 19.2. The van der Waals surface area contributed by atoms with Crippen LogP contribution in [0.4, 0.5) is 0 Å². The lowest BCUT2D eigenvalue weighted by Gasteiger charge is -2.26. The van der Waals surface area contributed by atoms with E-state index >= 15 is 0 Å². The second-order valence-electron chi connectivity index (χ2n) is 6.28. The van der Waals surface area contributed by atoms with E-state index in [1.165, 1.54) is 0 Å². The number of para-hydroxylation sites is 1. The van der Waals surface area contributed by atoms with Crippen molar-refractivity contribution >= 4 is 5.91 Å². The van der Waals surface area contributed by atoms with Crippen molar-refractivity contribution < 1.29 is 9.53 Å². The van der Waals surface area contributed by atoms with Gasteiger partial charge in [0, 0.05) is 25.3 Å². The maximum Gasteiger partial charge on any atom is 0.269 e. The molecule has 3 rings (SSSR count). The molecule has 1 N–H and O–H groups in total. The summed E-state index contributed by atoms with van der Waals surface area (Å²) < 4.78 is 7.24. The third-order valence-corrected chi connectivity index (χ3v) is 4.48. The van der Waals surface area contributed by atoms with Gasteiger partial charge in [0.1, 0.15) is 11.5 Å². The lowest BCUT2D eigenvalue weighted by molar-refractivity contribution is 0.0372. The number of ether oxygens (including phenoxy) is 1. The third kappa shape index (κ3) is 4.67. The molecule has 0 atom stereocenters. The van der Waals surface area contributed by atoms with Crippen molar-refractivity contribution in [2.45, 2.75) is 19.8 Å². The number of hydrogen-bond acceptors (Lipinski definition) is 4. The molecule has 1 aromatic carbocycles. The summed E-state index contributed by atoms with van der Waals surface area (Å²) in [6.07, 6.45) is 3.70. The van der Waals surface area contributed by atoms with Crippen LogP contribution >= 0.6 is 0 Å². The minimum absolute atomic E-state index is 0.0733. The monoisotopic (exact) mass is 342 g/mol. The number of morpholine rings is 1. The van der Waals surface area contributed by atoms with E-state index in [1.54, 1.807) is 6.20 Å². The van der Waals surface area contributed by atoms with Gasteiger partial charge in [0.05, 0.1) is 19.4 Å². The van der Waals surface area contributed by atoms with Crippen molar-refractivity contribution in [1.29, 1.82) is 0 Å². The lowest BCUT2D eigenvalue weighted by atomic mass is 10.2. The zero-order valence-corrected chi connectivity index (χ0v) is 14.8. The summed E-state index contributed by atoms with van der Waals surface area (Å²) in [6, 6.07) is 9.84. The first kappa shape index (κ1) is 17.6. The van der Waals surface area contributed by atoms with Crippen LogP contribution in [-0.2, 0) is 4.74 Å². The van der Waals surface area contributed by atoms with E-state index in [4.69, 9.17) is 4.74 Å². The van der Waals surface area contributed by atoms with Gasteiger partial charge in [-0.1, -0.05) is 18.2 Å². The predicted molar refractivity (Wildman–Crippen MR) is 97.1 cm³/mol. The molecule has 25 heavy (non-hydrogen) atoms. The Labute approximate surface area is 148 Å². The van der Waals surface area contributed by atoms with Crippen LogP contribution in [0.25, 0.3) is 5.69 Å². The summed E-state index contributed by atoms with van der Waals surface area (Å²) in [5.41, 5.74) is 1.53. The number of carbonyl (C=O) groups is 1. The Morgan fingerprint density at radius 3 is 2.72 bits per heavy atom. The molecule has 0 spiro atoms. The normalized spacial score (nSPS) is 15.2. The van der Waals surface area contributed by atoms with E-state index in [-0.39, 0.29) is 5.91 Å². The third-order valence-electron chi connectivity index (χ3n) is 4.48. The highest BCUT2D eigenvalue weighted by Crippen LogP contribution is 2.14. The van der Waals surface area contributed by atoms with Crippen molar-refractivity contribution in [3.8, 4) is 5.69 Å². The number of aromatic nitrogens is 2. The number of nitrogens with zero attached hydrogens (tertiary/aromatic N) is 3. The number of benzene rings is 1. The minimum Gasteiger partial charge on any atom is -0.379 e. The van der Waals surface area contributed by atoms with Crippen LogP contribution in [0.1, 0.15) is 29.2 Å². The van der Waals surface area contributed by atoms with Gasteiger partial charge in [0.15, 0.2) is 0 Å². The average molecular weight is 342 g/mol. The average Bonchev–Trinajstić information content (AvgIpc) is 3.04. The smallest absolute Gasteiger partial charge is 0.269 e. The zero-order chi connectivity index (χ0) is 17.5. The van der Waals surface area contributed by atoms with Gasteiger partial charge in [-0.3, -0.25) is 14.3 Å². The maximum absolute atomic E-state index is 12.5. The molecule has 1 aliphatic rings. The topological polar surface area (TPSA) is 59.4 Å². The maximum atomic E-state index is 12.5. The number of hydrogen-bond donors (Lipinski definition) is 1. The zero-order valence-electron chi connectivity index (χ0n) is 14.8.